The van der Waals surface area contributed by atoms with E-state index in [2.05, 4.69) is 15.4 Å². The van der Waals surface area contributed by atoms with E-state index in [-0.39, 0.29) is 29.2 Å². The van der Waals surface area contributed by atoms with Crippen LogP contribution in [0.1, 0.15) is 39.2 Å². The summed E-state index contributed by atoms with van der Waals surface area (Å²) < 4.78 is 39.6. The standard InChI is InChI=1S/C27H37N3O7S/c1-18(2)24(30-38(34,35)23-11-9-21(10-12-23)28-19(3)31)16-26(32)25(15-20-7-5-4-6-8-20)29-27(33)37-22-13-14-36-17-22/h4-12,18,22,24-26,30,32H,13-17H2,1-3H3,(H,28,31)(H,29,33)/t22-,24?,25?,26-/m0/s1. The lowest BCUT2D eigenvalue weighted by Crippen LogP contribution is -2.49. The van der Waals surface area contributed by atoms with Gasteiger partial charge in [-0.3, -0.25) is 4.79 Å². The zero-order chi connectivity index (χ0) is 27.7. The Kier molecular flexibility index (Phi) is 10.7. The van der Waals surface area contributed by atoms with Gasteiger partial charge in [0.15, 0.2) is 0 Å². The van der Waals surface area contributed by atoms with Crippen LogP contribution in [-0.2, 0) is 30.7 Å². The minimum atomic E-state index is -3.92. The van der Waals surface area contributed by atoms with E-state index >= 15 is 0 Å². The Hall–Kier alpha value is -2.99. The lowest BCUT2D eigenvalue weighted by molar-refractivity contribution is -0.114. The molecule has 208 valence electrons. The molecule has 2 aromatic carbocycles. The third-order valence-electron chi connectivity index (χ3n) is 6.32. The van der Waals surface area contributed by atoms with Crippen molar-refractivity contribution in [3.8, 4) is 0 Å². The number of rotatable bonds is 12. The van der Waals surface area contributed by atoms with Gasteiger partial charge in [-0.1, -0.05) is 44.2 Å². The summed E-state index contributed by atoms with van der Waals surface area (Å²) in [7, 11) is -3.92. The predicted octanol–water partition coefficient (Wildman–Crippen LogP) is 2.83. The first-order valence-corrected chi connectivity index (χ1v) is 14.2. The molecule has 0 bridgehead atoms. The van der Waals surface area contributed by atoms with E-state index < -0.39 is 34.3 Å². The fourth-order valence-corrected chi connectivity index (χ4v) is 5.56. The Morgan fingerprint density at radius 3 is 2.34 bits per heavy atom. The van der Waals surface area contributed by atoms with E-state index in [1.165, 1.54) is 31.2 Å². The number of aliphatic hydroxyl groups is 1. The Labute approximate surface area is 224 Å². The summed E-state index contributed by atoms with van der Waals surface area (Å²) in [6, 6.07) is 13.9. The van der Waals surface area contributed by atoms with Crippen molar-refractivity contribution in [2.75, 3.05) is 18.5 Å². The first kappa shape index (κ1) is 29.6. The van der Waals surface area contributed by atoms with Gasteiger partial charge >= 0.3 is 6.09 Å². The molecular formula is C27H37N3O7S. The van der Waals surface area contributed by atoms with Crippen LogP contribution in [0.5, 0.6) is 0 Å². The van der Waals surface area contributed by atoms with E-state index in [1.807, 2.05) is 44.2 Å². The lowest BCUT2D eigenvalue weighted by atomic mass is 9.92. The molecule has 0 spiro atoms. The summed E-state index contributed by atoms with van der Waals surface area (Å²) in [5, 5.41) is 16.6. The number of nitrogens with one attached hydrogen (secondary N) is 3. The number of carbonyl (C=O) groups excluding carboxylic acids is 2. The molecule has 1 fully saturated rings. The van der Waals surface area contributed by atoms with Crippen LogP contribution in [0.2, 0.25) is 0 Å². The number of hydrogen-bond donors (Lipinski definition) is 4. The van der Waals surface area contributed by atoms with E-state index in [0.29, 0.717) is 31.7 Å². The smallest absolute Gasteiger partial charge is 0.407 e. The van der Waals surface area contributed by atoms with Gasteiger partial charge in [-0.25, -0.2) is 17.9 Å². The van der Waals surface area contributed by atoms with Gasteiger partial charge in [0.1, 0.15) is 6.10 Å². The van der Waals surface area contributed by atoms with Gasteiger partial charge < -0.3 is 25.2 Å². The monoisotopic (exact) mass is 547 g/mol. The summed E-state index contributed by atoms with van der Waals surface area (Å²) in [5.41, 5.74) is 1.39. The number of hydrogen-bond acceptors (Lipinski definition) is 7. The predicted molar refractivity (Wildman–Crippen MR) is 143 cm³/mol. The highest BCUT2D eigenvalue weighted by molar-refractivity contribution is 7.89. The van der Waals surface area contributed by atoms with E-state index in [9.17, 15) is 23.1 Å². The first-order valence-electron chi connectivity index (χ1n) is 12.7. The number of benzene rings is 2. The van der Waals surface area contributed by atoms with Crippen LogP contribution in [0.3, 0.4) is 0 Å². The van der Waals surface area contributed by atoms with Crippen LogP contribution in [-0.4, -0.2) is 63.0 Å². The molecule has 0 aromatic heterocycles. The number of ether oxygens (including phenoxy) is 2. The number of amides is 2. The molecule has 4 atom stereocenters. The van der Waals surface area contributed by atoms with Gasteiger partial charge in [0.2, 0.25) is 15.9 Å². The van der Waals surface area contributed by atoms with Crippen molar-refractivity contribution in [1.82, 2.24) is 10.0 Å². The van der Waals surface area contributed by atoms with Crippen LogP contribution >= 0.6 is 0 Å². The van der Waals surface area contributed by atoms with E-state index in [4.69, 9.17) is 9.47 Å². The summed E-state index contributed by atoms with van der Waals surface area (Å²) in [4.78, 5) is 23.9. The number of carbonyl (C=O) groups is 2. The SMILES string of the molecule is CC(=O)Nc1ccc(S(=O)(=O)NC(C[C@H](O)C(Cc2ccccc2)NC(=O)O[C@H]2CCOC2)C(C)C)cc1. The molecule has 10 nitrogen and oxygen atoms in total. The Bertz CT molecular complexity index is 1150. The first-order chi connectivity index (χ1) is 18.0. The van der Waals surface area contributed by atoms with Gasteiger partial charge in [0.05, 0.1) is 30.3 Å². The molecule has 1 aliphatic rings. The normalized spacial score (nSPS) is 18.0. The summed E-state index contributed by atoms with van der Waals surface area (Å²) in [6.07, 6.45) is -1.05. The molecule has 3 rings (SSSR count). The van der Waals surface area contributed by atoms with Gasteiger partial charge in [0.25, 0.3) is 0 Å². The van der Waals surface area contributed by atoms with Crippen molar-refractivity contribution in [2.24, 2.45) is 5.92 Å². The van der Waals surface area contributed by atoms with E-state index in [0.717, 1.165) is 5.56 Å². The van der Waals surface area contributed by atoms with Gasteiger partial charge in [-0.05, 0) is 48.6 Å². The van der Waals surface area contributed by atoms with Gasteiger partial charge in [0, 0.05) is 25.1 Å². The van der Waals surface area contributed by atoms with Crippen LogP contribution in [0, 0.1) is 5.92 Å². The Morgan fingerprint density at radius 2 is 1.76 bits per heavy atom. The van der Waals surface area contributed by atoms with Crippen molar-refractivity contribution in [1.29, 1.82) is 0 Å². The van der Waals surface area contributed by atoms with Crippen molar-refractivity contribution >= 4 is 27.7 Å². The average molecular weight is 548 g/mol. The minimum Gasteiger partial charge on any atom is -0.444 e. The maximum absolute atomic E-state index is 13.1. The number of anilines is 1. The van der Waals surface area contributed by atoms with Gasteiger partial charge in [-0.2, -0.15) is 0 Å². The Morgan fingerprint density at radius 1 is 1.08 bits per heavy atom. The van der Waals surface area contributed by atoms with Crippen LogP contribution in [0.25, 0.3) is 0 Å². The van der Waals surface area contributed by atoms with Crippen LogP contribution < -0.4 is 15.4 Å². The molecule has 0 aliphatic carbocycles. The molecule has 2 amide bonds. The number of sulfonamides is 1. The van der Waals surface area contributed by atoms with Crippen molar-refractivity contribution in [3.05, 3.63) is 60.2 Å². The Balaban J connectivity index is 1.71. The van der Waals surface area contributed by atoms with Gasteiger partial charge in [-0.15, -0.1) is 0 Å². The highest BCUT2D eigenvalue weighted by atomic mass is 32.2. The summed E-state index contributed by atoms with van der Waals surface area (Å²) >= 11 is 0. The van der Waals surface area contributed by atoms with Crippen LogP contribution in [0.15, 0.2) is 59.5 Å². The minimum absolute atomic E-state index is 0.0352. The van der Waals surface area contributed by atoms with Crippen LogP contribution in [0.4, 0.5) is 10.5 Å². The fraction of sp³-hybridized carbons (Fsp3) is 0.481. The molecule has 2 aromatic rings. The van der Waals surface area contributed by atoms with Crippen molar-refractivity contribution in [3.63, 3.8) is 0 Å². The molecule has 1 saturated heterocycles. The van der Waals surface area contributed by atoms with Crippen molar-refractivity contribution in [2.45, 2.75) is 69.2 Å². The largest absolute Gasteiger partial charge is 0.444 e. The highest BCUT2D eigenvalue weighted by Crippen LogP contribution is 2.20. The van der Waals surface area contributed by atoms with E-state index in [1.54, 1.807) is 0 Å². The molecule has 1 heterocycles. The van der Waals surface area contributed by atoms with Crippen molar-refractivity contribution < 1.29 is 32.6 Å². The summed E-state index contributed by atoms with van der Waals surface area (Å²) in [6.45, 7) is 5.94. The number of aliphatic hydroxyl groups excluding tert-OH is 1. The lowest BCUT2D eigenvalue weighted by Gasteiger charge is -2.30. The molecule has 2 unspecified atom stereocenters. The zero-order valence-corrected chi connectivity index (χ0v) is 22.7. The second-order valence-electron chi connectivity index (χ2n) is 9.81. The molecule has 11 heteroatoms. The molecule has 1 aliphatic heterocycles. The quantitative estimate of drug-likeness (QED) is 0.320. The maximum Gasteiger partial charge on any atom is 0.407 e. The fourth-order valence-electron chi connectivity index (χ4n) is 4.16. The topological polar surface area (TPSA) is 143 Å². The summed E-state index contributed by atoms with van der Waals surface area (Å²) in [5.74, 6) is -0.412. The molecule has 4 N–H and O–H groups in total. The second-order valence-corrected chi connectivity index (χ2v) is 11.5. The third kappa shape index (κ3) is 9.09. The highest BCUT2D eigenvalue weighted by Gasteiger charge is 2.30. The number of alkyl carbamates (subject to hydrolysis) is 1. The zero-order valence-electron chi connectivity index (χ0n) is 21.9. The molecular weight excluding hydrogens is 510 g/mol. The average Bonchev–Trinajstić information content (AvgIpc) is 3.36. The third-order valence-corrected chi connectivity index (χ3v) is 7.83. The molecule has 0 radical (unpaired) electrons. The molecule has 0 saturated carbocycles. The maximum atomic E-state index is 13.1. The second kappa shape index (κ2) is 13.7. The molecule has 38 heavy (non-hydrogen) atoms.